The minimum absolute atomic E-state index is 0.256. The van der Waals surface area contributed by atoms with Crippen LogP contribution in [0.2, 0.25) is 0 Å². The molecule has 0 atom stereocenters. The van der Waals surface area contributed by atoms with E-state index >= 15 is 0 Å². The number of carbonyl (C=O) groups is 2. The van der Waals surface area contributed by atoms with E-state index in [4.69, 9.17) is 10.8 Å². The van der Waals surface area contributed by atoms with Crippen molar-refractivity contribution in [1.82, 2.24) is 0 Å². The number of nitrogens with two attached hydrogens (primary N) is 1. The number of aromatic carboxylic acids is 1. The molecule has 7 heteroatoms. The van der Waals surface area contributed by atoms with Gasteiger partial charge in [-0.15, -0.1) is 0 Å². The highest BCUT2D eigenvalue weighted by Crippen LogP contribution is 2.17. The normalized spacial score (nSPS) is 9.60. The van der Waals surface area contributed by atoms with Crippen LogP contribution in [0.15, 0.2) is 18.2 Å². The van der Waals surface area contributed by atoms with Crippen molar-refractivity contribution >= 4 is 17.6 Å². The topological polar surface area (TPSA) is 124 Å². The van der Waals surface area contributed by atoms with Gasteiger partial charge in [0.2, 0.25) is 5.91 Å². The van der Waals surface area contributed by atoms with Gasteiger partial charge in [0.1, 0.15) is 0 Å². The molecule has 1 aromatic rings. The molecule has 1 aromatic carbocycles. The van der Waals surface area contributed by atoms with Crippen LogP contribution in [0.25, 0.3) is 0 Å². The van der Waals surface area contributed by atoms with E-state index in [2.05, 4.69) is 0 Å². The molecule has 1 amide bonds. The number of hydrogen-bond acceptors (Lipinski definition) is 4. The van der Waals surface area contributed by atoms with E-state index in [1.807, 2.05) is 0 Å². The lowest BCUT2D eigenvalue weighted by Gasteiger charge is -2.01. The summed E-state index contributed by atoms with van der Waals surface area (Å²) in [5.41, 5.74) is 3.77. The third-order valence-electron chi connectivity index (χ3n) is 1.71. The van der Waals surface area contributed by atoms with E-state index in [9.17, 15) is 19.7 Å². The molecule has 7 nitrogen and oxygen atoms in total. The lowest BCUT2D eigenvalue weighted by atomic mass is 10.1. The minimum atomic E-state index is -1.44. The highest BCUT2D eigenvalue weighted by molar-refractivity contribution is 6.04. The number of carbonyl (C=O) groups excluding carboxylic acids is 1. The van der Waals surface area contributed by atoms with Gasteiger partial charge in [-0.3, -0.25) is 14.9 Å². The van der Waals surface area contributed by atoms with E-state index < -0.39 is 28.1 Å². The monoisotopic (exact) mass is 210 g/mol. The fraction of sp³-hybridized carbons (Fsp3) is 0. The minimum Gasteiger partial charge on any atom is -0.478 e. The average molecular weight is 210 g/mol. The molecule has 0 aromatic heterocycles. The summed E-state index contributed by atoms with van der Waals surface area (Å²) in [4.78, 5) is 31.1. The highest BCUT2D eigenvalue weighted by Gasteiger charge is 2.18. The van der Waals surface area contributed by atoms with Gasteiger partial charge in [-0.05, 0) is 6.07 Å². The Balaban J connectivity index is 3.40. The van der Waals surface area contributed by atoms with Crippen LogP contribution in [-0.4, -0.2) is 21.9 Å². The fourth-order valence-corrected chi connectivity index (χ4v) is 1.04. The zero-order valence-corrected chi connectivity index (χ0v) is 7.34. The number of hydrogen-bond donors (Lipinski definition) is 2. The van der Waals surface area contributed by atoms with Crippen molar-refractivity contribution in [3.8, 4) is 0 Å². The number of carboxylic acids is 1. The molecule has 0 unspecified atom stereocenters. The fourth-order valence-electron chi connectivity index (χ4n) is 1.04. The van der Waals surface area contributed by atoms with Gasteiger partial charge in [-0.25, -0.2) is 4.79 Å². The van der Waals surface area contributed by atoms with Gasteiger partial charge in [-0.2, -0.15) is 0 Å². The standard InChI is InChI=1S/C8H6N2O5/c9-7(11)5-2-1-4(10(14)15)3-6(5)8(12)13/h1-3H,(H2,9,11)(H,12,13). The van der Waals surface area contributed by atoms with Crippen molar-refractivity contribution in [3.05, 3.63) is 39.4 Å². The van der Waals surface area contributed by atoms with Gasteiger partial charge >= 0.3 is 5.97 Å². The summed E-state index contributed by atoms with van der Waals surface area (Å²) in [7, 11) is 0. The summed E-state index contributed by atoms with van der Waals surface area (Å²) < 4.78 is 0. The molecule has 0 saturated carbocycles. The van der Waals surface area contributed by atoms with Crippen LogP contribution in [0.1, 0.15) is 20.7 Å². The van der Waals surface area contributed by atoms with Crippen molar-refractivity contribution in [2.75, 3.05) is 0 Å². The first-order chi connectivity index (χ1) is 6.93. The predicted octanol–water partition coefficient (Wildman–Crippen LogP) is 0.392. The lowest BCUT2D eigenvalue weighted by molar-refractivity contribution is -0.384. The molecule has 78 valence electrons. The SMILES string of the molecule is NC(=O)c1ccc([N+](=O)[O-])cc1C(=O)O. The van der Waals surface area contributed by atoms with Crippen LogP contribution in [0.5, 0.6) is 0 Å². The second kappa shape index (κ2) is 3.74. The average Bonchev–Trinajstić information content (AvgIpc) is 2.16. The summed E-state index contributed by atoms with van der Waals surface area (Å²) in [6.45, 7) is 0. The van der Waals surface area contributed by atoms with Crippen LogP contribution in [0.3, 0.4) is 0 Å². The number of primary amides is 1. The Labute approximate surface area is 83.3 Å². The zero-order chi connectivity index (χ0) is 11.6. The van der Waals surface area contributed by atoms with E-state index in [0.717, 1.165) is 18.2 Å². The Morgan fingerprint density at radius 3 is 2.33 bits per heavy atom. The maximum atomic E-state index is 10.8. The Hall–Kier alpha value is -2.44. The number of non-ortho nitro benzene ring substituents is 1. The molecule has 0 spiro atoms. The molecule has 1 rings (SSSR count). The smallest absolute Gasteiger partial charge is 0.336 e. The second-order valence-electron chi connectivity index (χ2n) is 2.66. The third kappa shape index (κ3) is 2.08. The Kier molecular flexibility index (Phi) is 2.65. The Morgan fingerprint density at radius 2 is 1.93 bits per heavy atom. The molecule has 0 aliphatic heterocycles. The summed E-state index contributed by atoms with van der Waals surface area (Å²) in [5.74, 6) is -2.38. The molecule has 0 heterocycles. The van der Waals surface area contributed by atoms with Crippen LogP contribution < -0.4 is 5.73 Å². The van der Waals surface area contributed by atoms with Crippen molar-refractivity contribution in [2.24, 2.45) is 5.73 Å². The molecule has 0 aliphatic rings. The van der Waals surface area contributed by atoms with Gasteiger partial charge < -0.3 is 10.8 Å². The zero-order valence-electron chi connectivity index (χ0n) is 7.34. The molecule has 0 fully saturated rings. The molecule has 3 N–H and O–H groups in total. The largest absolute Gasteiger partial charge is 0.478 e. The molecule has 0 radical (unpaired) electrons. The number of nitro benzene ring substituents is 1. The highest BCUT2D eigenvalue weighted by atomic mass is 16.6. The van der Waals surface area contributed by atoms with Crippen LogP contribution >= 0.6 is 0 Å². The lowest BCUT2D eigenvalue weighted by Crippen LogP contribution is -2.16. The van der Waals surface area contributed by atoms with Crippen molar-refractivity contribution in [2.45, 2.75) is 0 Å². The van der Waals surface area contributed by atoms with Crippen LogP contribution in [-0.2, 0) is 0 Å². The number of nitro groups is 1. The molecule has 0 saturated heterocycles. The Morgan fingerprint density at radius 1 is 1.33 bits per heavy atom. The molecular weight excluding hydrogens is 204 g/mol. The number of carboxylic acid groups (broad SMARTS) is 1. The first-order valence-electron chi connectivity index (χ1n) is 3.75. The second-order valence-corrected chi connectivity index (χ2v) is 2.66. The third-order valence-corrected chi connectivity index (χ3v) is 1.71. The summed E-state index contributed by atoms with van der Waals surface area (Å²) in [5, 5.41) is 19.0. The molecular formula is C8H6N2O5. The van der Waals surface area contributed by atoms with Gasteiger partial charge in [0.25, 0.3) is 5.69 Å². The first-order valence-corrected chi connectivity index (χ1v) is 3.75. The number of benzene rings is 1. The van der Waals surface area contributed by atoms with Crippen LogP contribution in [0.4, 0.5) is 5.69 Å². The van der Waals surface area contributed by atoms with Gasteiger partial charge in [0.15, 0.2) is 0 Å². The van der Waals surface area contributed by atoms with E-state index in [-0.39, 0.29) is 5.56 Å². The number of amides is 1. The number of nitrogens with zero attached hydrogens (tertiary/aromatic N) is 1. The first kappa shape index (κ1) is 10.6. The van der Waals surface area contributed by atoms with Crippen LogP contribution in [0, 0.1) is 10.1 Å². The molecule has 0 bridgehead atoms. The van der Waals surface area contributed by atoms with E-state index in [1.54, 1.807) is 0 Å². The predicted molar refractivity (Wildman–Crippen MR) is 48.6 cm³/mol. The van der Waals surface area contributed by atoms with Crippen molar-refractivity contribution in [1.29, 1.82) is 0 Å². The maximum absolute atomic E-state index is 10.8. The van der Waals surface area contributed by atoms with Crippen molar-refractivity contribution < 1.29 is 19.6 Å². The summed E-state index contributed by atoms with van der Waals surface area (Å²) in [6.07, 6.45) is 0. The summed E-state index contributed by atoms with van der Waals surface area (Å²) >= 11 is 0. The van der Waals surface area contributed by atoms with Gasteiger partial charge in [0, 0.05) is 12.1 Å². The molecule has 15 heavy (non-hydrogen) atoms. The van der Waals surface area contributed by atoms with E-state index in [1.165, 1.54) is 0 Å². The van der Waals surface area contributed by atoms with E-state index in [0.29, 0.717) is 0 Å². The quantitative estimate of drug-likeness (QED) is 0.551. The van der Waals surface area contributed by atoms with Gasteiger partial charge in [-0.1, -0.05) is 0 Å². The Bertz CT molecular complexity index is 454. The van der Waals surface area contributed by atoms with Crippen molar-refractivity contribution in [3.63, 3.8) is 0 Å². The number of rotatable bonds is 3. The summed E-state index contributed by atoms with van der Waals surface area (Å²) in [6, 6.07) is 2.83. The maximum Gasteiger partial charge on any atom is 0.336 e. The van der Waals surface area contributed by atoms with Gasteiger partial charge in [0.05, 0.1) is 16.1 Å². The molecule has 0 aliphatic carbocycles.